The van der Waals surface area contributed by atoms with Gasteiger partial charge in [0.1, 0.15) is 5.15 Å². The van der Waals surface area contributed by atoms with Crippen LogP contribution < -0.4 is 11.3 Å². The van der Waals surface area contributed by atoms with Crippen molar-refractivity contribution in [1.82, 2.24) is 15.2 Å². The summed E-state index contributed by atoms with van der Waals surface area (Å²) >= 11 is 5.70. The molecule has 1 aromatic heterocycles. The number of hydrogen-bond acceptors (Lipinski definition) is 3. The summed E-state index contributed by atoms with van der Waals surface area (Å²) in [4.78, 5) is 0. The maximum absolute atomic E-state index is 5.70. The van der Waals surface area contributed by atoms with Gasteiger partial charge in [-0.3, -0.25) is 16.0 Å². The minimum atomic E-state index is 0.542. The van der Waals surface area contributed by atoms with E-state index in [4.69, 9.17) is 17.4 Å². The second kappa shape index (κ2) is 3.01. The fraction of sp³-hybridized carbons (Fsp3) is 0.400. The lowest BCUT2D eigenvalue weighted by molar-refractivity contribution is 0.683. The molecular weight excluding hydrogens is 152 g/mol. The largest absolute Gasteiger partial charge is 0.271 e. The van der Waals surface area contributed by atoms with Crippen LogP contribution in [0.25, 0.3) is 0 Å². The number of nitrogens with one attached hydrogen (secondary N) is 1. The van der Waals surface area contributed by atoms with Gasteiger partial charge in [0, 0.05) is 7.05 Å². The molecule has 5 heteroatoms. The van der Waals surface area contributed by atoms with Gasteiger partial charge in [0.25, 0.3) is 0 Å². The summed E-state index contributed by atoms with van der Waals surface area (Å²) in [5.74, 6) is 5.08. The molecule has 1 rings (SSSR count). The molecule has 1 aromatic rings. The smallest absolute Gasteiger partial charge is 0.127 e. The Morgan fingerprint density at radius 2 is 2.60 bits per heavy atom. The third kappa shape index (κ3) is 1.47. The van der Waals surface area contributed by atoms with Crippen LogP contribution in [0.1, 0.15) is 5.69 Å². The average Bonchev–Trinajstić information content (AvgIpc) is 2.14. The maximum Gasteiger partial charge on any atom is 0.127 e. The van der Waals surface area contributed by atoms with Crippen LogP contribution in [0.4, 0.5) is 0 Å². The molecule has 0 saturated carbocycles. The Hall–Kier alpha value is -0.580. The van der Waals surface area contributed by atoms with E-state index in [1.807, 2.05) is 0 Å². The number of nitrogens with two attached hydrogens (primary N) is 1. The van der Waals surface area contributed by atoms with Crippen molar-refractivity contribution in [2.45, 2.75) is 6.54 Å². The average molecular weight is 161 g/mol. The van der Waals surface area contributed by atoms with Gasteiger partial charge in [-0.15, -0.1) is 0 Å². The molecule has 0 unspecified atom stereocenters. The Morgan fingerprint density at radius 1 is 1.90 bits per heavy atom. The van der Waals surface area contributed by atoms with E-state index in [9.17, 15) is 0 Å². The highest BCUT2D eigenvalue weighted by Crippen LogP contribution is 2.07. The minimum Gasteiger partial charge on any atom is -0.271 e. The second-order valence-electron chi connectivity index (χ2n) is 1.96. The second-order valence-corrected chi connectivity index (χ2v) is 2.35. The molecule has 0 radical (unpaired) electrons. The molecule has 0 saturated heterocycles. The van der Waals surface area contributed by atoms with Gasteiger partial charge in [-0.05, 0) is 6.07 Å². The highest BCUT2D eigenvalue weighted by atomic mass is 35.5. The van der Waals surface area contributed by atoms with Crippen molar-refractivity contribution in [3.63, 3.8) is 0 Å². The Morgan fingerprint density at radius 3 is 3.00 bits per heavy atom. The molecule has 0 aliphatic rings. The molecule has 56 valence electrons. The molecule has 3 N–H and O–H groups in total. The molecule has 0 fully saturated rings. The first-order valence-corrected chi connectivity index (χ1v) is 3.23. The van der Waals surface area contributed by atoms with E-state index in [-0.39, 0.29) is 0 Å². The maximum atomic E-state index is 5.70. The molecule has 0 spiro atoms. The first-order valence-electron chi connectivity index (χ1n) is 2.86. The lowest BCUT2D eigenvalue weighted by Gasteiger charge is -1.90. The van der Waals surface area contributed by atoms with Gasteiger partial charge in [-0.1, -0.05) is 11.6 Å². The Kier molecular flexibility index (Phi) is 2.26. The van der Waals surface area contributed by atoms with Gasteiger partial charge in [0.15, 0.2) is 0 Å². The van der Waals surface area contributed by atoms with Crippen LogP contribution in [-0.4, -0.2) is 9.78 Å². The van der Waals surface area contributed by atoms with Crippen LogP contribution in [0, 0.1) is 0 Å². The van der Waals surface area contributed by atoms with E-state index in [0.717, 1.165) is 5.69 Å². The number of nitrogens with zero attached hydrogens (tertiary/aromatic N) is 2. The van der Waals surface area contributed by atoms with E-state index in [1.165, 1.54) is 0 Å². The normalized spacial score (nSPS) is 10.3. The molecule has 0 amide bonds. The quantitative estimate of drug-likeness (QED) is 0.475. The third-order valence-corrected chi connectivity index (χ3v) is 1.51. The van der Waals surface area contributed by atoms with Crippen molar-refractivity contribution in [3.05, 3.63) is 16.9 Å². The predicted octanol–water partition coefficient (Wildman–Crippen LogP) is 0.0368. The van der Waals surface area contributed by atoms with Crippen LogP contribution in [0.5, 0.6) is 0 Å². The van der Waals surface area contributed by atoms with Gasteiger partial charge in [0.2, 0.25) is 0 Å². The number of halogens is 1. The van der Waals surface area contributed by atoms with Gasteiger partial charge in [0.05, 0.1) is 12.2 Å². The van der Waals surface area contributed by atoms with Crippen LogP contribution in [0.15, 0.2) is 6.07 Å². The van der Waals surface area contributed by atoms with E-state index in [2.05, 4.69) is 10.5 Å². The molecular formula is C5H9ClN4. The van der Waals surface area contributed by atoms with Crippen LogP contribution >= 0.6 is 11.6 Å². The summed E-state index contributed by atoms with van der Waals surface area (Å²) in [5.41, 5.74) is 3.33. The highest BCUT2D eigenvalue weighted by Gasteiger charge is 1.99. The number of aromatic nitrogens is 2. The highest BCUT2D eigenvalue weighted by molar-refractivity contribution is 6.29. The minimum absolute atomic E-state index is 0.542. The molecule has 0 aliphatic heterocycles. The predicted molar refractivity (Wildman–Crippen MR) is 39.2 cm³/mol. The fourth-order valence-corrected chi connectivity index (χ4v) is 0.855. The van der Waals surface area contributed by atoms with Crippen LogP contribution in [0.3, 0.4) is 0 Å². The Labute approximate surface area is 63.9 Å². The first kappa shape index (κ1) is 7.53. The lowest BCUT2D eigenvalue weighted by atomic mass is 10.4. The van der Waals surface area contributed by atoms with Gasteiger partial charge >= 0.3 is 0 Å². The van der Waals surface area contributed by atoms with E-state index >= 15 is 0 Å². The summed E-state index contributed by atoms with van der Waals surface area (Å²) in [6.07, 6.45) is 0. The molecule has 0 aromatic carbocycles. The molecule has 0 atom stereocenters. The Balaban J connectivity index is 2.77. The van der Waals surface area contributed by atoms with E-state index in [0.29, 0.717) is 11.7 Å². The van der Waals surface area contributed by atoms with Gasteiger partial charge in [-0.2, -0.15) is 5.10 Å². The fourth-order valence-electron chi connectivity index (χ4n) is 0.691. The third-order valence-electron chi connectivity index (χ3n) is 1.16. The first-order chi connectivity index (χ1) is 4.74. The molecule has 10 heavy (non-hydrogen) atoms. The number of hydrazine groups is 1. The van der Waals surface area contributed by atoms with Crippen molar-refractivity contribution >= 4 is 11.6 Å². The standard InChI is InChI=1S/C5H9ClN4/c1-10-5(6)2-4(9-10)3-8-7/h2,8H,3,7H2,1H3. The lowest BCUT2D eigenvalue weighted by Crippen LogP contribution is -2.21. The Bertz CT molecular complexity index is 200. The summed E-state index contributed by atoms with van der Waals surface area (Å²) < 4.78 is 1.59. The summed E-state index contributed by atoms with van der Waals surface area (Å²) in [6, 6.07) is 1.77. The van der Waals surface area contributed by atoms with E-state index < -0.39 is 0 Å². The summed E-state index contributed by atoms with van der Waals surface area (Å²) in [5, 5.41) is 4.66. The van der Waals surface area contributed by atoms with Crippen molar-refractivity contribution in [2.24, 2.45) is 12.9 Å². The zero-order chi connectivity index (χ0) is 7.56. The topological polar surface area (TPSA) is 55.9 Å². The van der Waals surface area contributed by atoms with E-state index in [1.54, 1.807) is 17.8 Å². The van der Waals surface area contributed by atoms with Crippen LogP contribution in [-0.2, 0) is 13.6 Å². The van der Waals surface area contributed by atoms with Gasteiger partial charge < -0.3 is 0 Å². The zero-order valence-electron chi connectivity index (χ0n) is 5.63. The number of rotatable bonds is 2. The molecule has 0 aliphatic carbocycles. The van der Waals surface area contributed by atoms with Crippen molar-refractivity contribution in [2.75, 3.05) is 0 Å². The van der Waals surface area contributed by atoms with Gasteiger partial charge in [-0.25, -0.2) is 0 Å². The molecule has 0 bridgehead atoms. The SMILES string of the molecule is Cn1nc(CNN)cc1Cl. The number of hydrogen-bond donors (Lipinski definition) is 2. The molecule has 4 nitrogen and oxygen atoms in total. The zero-order valence-corrected chi connectivity index (χ0v) is 6.39. The number of aryl methyl sites for hydroxylation is 1. The van der Waals surface area contributed by atoms with Crippen molar-refractivity contribution in [1.29, 1.82) is 0 Å². The van der Waals surface area contributed by atoms with Crippen molar-refractivity contribution < 1.29 is 0 Å². The van der Waals surface area contributed by atoms with Crippen molar-refractivity contribution in [3.8, 4) is 0 Å². The monoisotopic (exact) mass is 160 g/mol. The van der Waals surface area contributed by atoms with Crippen LogP contribution in [0.2, 0.25) is 5.15 Å². The summed E-state index contributed by atoms with van der Waals surface area (Å²) in [6.45, 7) is 0.542. The molecule has 1 heterocycles. The summed E-state index contributed by atoms with van der Waals surface area (Å²) in [7, 11) is 1.78.